The van der Waals surface area contributed by atoms with E-state index in [-0.39, 0.29) is 5.97 Å². The summed E-state index contributed by atoms with van der Waals surface area (Å²) in [6.45, 7) is 7.78. The minimum Gasteiger partial charge on any atom is -0.433 e. The fourth-order valence-electron chi connectivity index (χ4n) is 1.37. The second-order valence-corrected chi connectivity index (χ2v) is 3.65. The van der Waals surface area contributed by atoms with Crippen LogP contribution in [0.15, 0.2) is 0 Å². The van der Waals surface area contributed by atoms with Crippen LogP contribution in [0, 0.1) is 6.92 Å². The second-order valence-electron chi connectivity index (χ2n) is 3.65. The number of carbonyl (C=O) groups is 1. The van der Waals surface area contributed by atoms with Crippen molar-refractivity contribution >= 4 is 5.97 Å². The third-order valence-electron chi connectivity index (χ3n) is 2.58. The fraction of sp³-hybridized carbons (Fsp3) is 0.833. The van der Waals surface area contributed by atoms with Crippen LogP contribution in [-0.2, 0) is 14.3 Å². The van der Waals surface area contributed by atoms with Crippen LogP contribution in [-0.4, -0.2) is 18.9 Å². The number of esters is 1. The van der Waals surface area contributed by atoms with E-state index in [9.17, 15) is 4.79 Å². The van der Waals surface area contributed by atoms with Gasteiger partial charge in [-0.3, -0.25) is 4.79 Å². The van der Waals surface area contributed by atoms with Gasteiger partial charge in [-0.05, 0) is 13.3 Å². The van der Waals surface area contributed by atoms with Gasteiger partial charge < -0.3 is 9.47 Å². The molecule has 0 aliphatic rings. The molecule has 0 saturated heterocycles. The van der Waals surface area contributed by atoms with Crippen molar-refractivity contribution in [3.8, 4) is 0 Å². The SMILES string of the molecule is [CH2]CC(CC)(OC)OC(=O)CCCCC. The molecule has 0 fully saturated rings. The number of rotatable bonds is 8. The lowest BCUT2D eigenvalue weighted by Gasteiger charge is -2.29. The molecule has 3 heteroatoms. The first-order valence-corrected chi connectivity index (χ1v) is 5.70. The number of ether oxygens (including phenoxy) is 2. The molecule has 0 aromatic rings. The van der Waals surface area contributed by atoms with Crippen molar-refractivity contribution in [1.29, 1.82) is 0 Å². The molecule has 1 radical (unpaired) electrons. The maximum atomic E-state index is 11.5. The maximum absolute atomic E-state index is 11.5. The van der Waals surface area contributed by atoms with Gasteiger partial charge in [0.15, 0.2) is 0 Å². The summed E-state index contributed by atoms with van der Waals surface area (Å²) in [5, 5.41) is 0. The monoisotopic (exact) mass is 215 g/mol. The molecule has 15 heavy (non-hydrogen) atoms. The zero-order chi connectivity index (χ0) is 11.7. The number of carbonyl (C=O) groups excluding carboxylic acids is 1. The summed E-state index contributed by atoms with van der Waals surface area (Å²) >= 11 is 0. The van der Waals surface area contributed by atoms with Gasteiger partial charge in [0.25, 0.3) is 0 Å². The van der Waals surface area contributed by atoms with E-state index < -0.39 is 5.79 Å². The second kappa shape index (κ2) is 7.69. The lowest BCUT2D eigenvalue weighted by atomic mass is 10.1. The van der Waals surface area contributed by atoms with Crippen LogP contribution in [0.4, 0.5) is 0 Å². The first-order valence-electron chi connectivity index (χ1n) is 5.70. The standard InChI is InChI=1S/C12H23O3/c1-5-8-9-10-11(13)15-12(6-2,7-3)14-4/h2,5-10H2,1,3-4H3. The molecule has 0 heterocycles. The largest absolute Gasteiger partial charge is 0.433 e. The summed E-state index contributed by atoms with van der Waals surface area (Å²) in [5.74, 6) is -1.00. The van der Waals surface area contributed by atoms with Crippen LogP contribution < -0.4 is 0 Å². The molecule has 1 unspecified atom stereocenters. The Labute approximate surface area is 93.1 Å². The van der Waals surface area contributed by atoms with Crippen LogP contribution in [0.2, 0.25) is 0 Å². The van der Waals surface area contributed by atoms with E-state index >= 15 is 0 Å². The van der Waals surface area contributed by atoms with Crippen molar-refractivity contribution in [3.05, 3.63) is 6.92 Å². The lowest BCUT2D eigenvalue weighted by molar-refractivity contribution is -0.222. The summed E-state index contributed by atoms with van der Waals surface area (Å²) < 4.78 is 10.5. The van der Waals surface area contributed by atoms with E-state index in [1.165, 1.54) is 0 Å². The molecule has 0 saturated carbocycles. The Morgan fingerprint density at radius 1 is 1.33 bits per heavy atom. The van der Waals surface area contributed by atoms with Crippen molar-refractivity contribution in [1.82, 2.24) is 0 Å². The highest BCUT2D eigenvalue weighted by molar-refractivity contribution is 5.69. The lowest BCUT2D eigenvalue weighted by Crippen LogP contribution is -2.35. The van der Waals surface area contributed by atoms with Gasteiger partial charge in [0.05, 0.1) is 0 Å². The molecule has 3 nitrogen and oxygen atoms in total. The number of methoxy groups -OCH3 is 1. The maximum Gasteiger partial charge on any atom is 0.308 e. The highest BCUT2D eigenvalue weighted by atomic mass is 16.7. The van der Waals surface area contributed by atoms with Crippen molar-refractivity contribution in [2.24, 2.45) is 0 Å². The topological polar surface area (TPSA) is 35.5 Å². The number of unbranched alkanes of at least 4 members (excludes halogenated alkanes) is 2. The molecule has 0 spiro atoms. The molecule has 89 valence electrons. The fourth-order valence-corrected chi connectivity index (χ4v) is 1.37. The Morgan fingerprint density at radius 3 is 2.40 bits per heavy atom. The van der Waals surface area contributed by atoms with E-state index in [0.717, 1.165) is 19.3 Å². The molecule has 0 rings (SSSR count). The first-order chi connectivity index (χ1) is 7.14. The van der Waals surface area contributed by atoms with E-state index in [4.69, 9.17) is 9.47 Å². The zero-order valence-corrected chi connectivity index (χ0v) is 10.2. The third kappa shape index (κ3) is 5.17. The summed E-state index contributed by atoms with van der Waals surface area (Å²) in [4.78, 5) is 11.5. The predicted octanol–water partition coefficient (Wildman–Crippen LogP) is 3.09. The average Bonchev–Trinajstić information content (AvgIpc) is 2.26. The van der Waals surface area contributed by atoms with Gasteiger partial charge in [-0.1, -0.05) is 26.7 Å². The van der Waals surface area contributed by atoms with Crippen LogP contribution in [0.5, 0.6) is 0 Å². The van der Waals surface area contributed by atoms with Crippen LogP contribution >= 0.6 is 0 Å². The van der Waals surface area contributed by atoms with Crippen molar-refractivity contribution in [2.45, 2.75) is 58.2 Å². The Bertz CT molecular complexity index is 165. The molecule has 0 aromatic heterocycles. The van der Waals surface area contributed by atoms with E-state index in [2.05, 4.69) is 13.8 Å². The van der Waals surface area contributed by atoms with Gasteiger partial charge in [-0.2, -0.15) is 0 Å². The van der Waals surface area contributed by atoms with E-state index in [1.807, 2.05) is 6.92 Å². The van der Waals surface area contributed by atoms with E-state index in [1.54, 1.807) is 7.11 Å². The highest BCUT2D eigenvalue weighted by Gasteiger charge is 2.29. The Kier molecular flexibility index (Phi) is 7.39. The van der Waals surface area contributed by atoms with Crippen molar-refractivity contribution in [2.75, 3.05) is 7.11 Å². The van der Waals surface area contributed by atoms with Crippen molar-refractivity contribution in [3.63, 3.8) is 0 Å². The molecule has 0 aliphatic carbocycles. The summed E-state index contributed by atoms with van der Waals surface area (Å²) in [5.41, 5.74) is 0. The van der Waals surface area contributed by atoms with E-state index in [0.29, 0.717) is 19.3 Å². The van der Waals surface area contributed by atoms with Gasteiger partial charge in [-0.25, -0.2) is 0 Å². The third-order valence-corrected chi connectivity index (χ3v) is 2.58. The first kappa shape index (κ1) is 14.4. The highest BCUT2D eigenvalue weighted by Crippen LogP contribution is 2.22. The Hall–Kier alpha value is -0.570. The number of hydrogen-bond acceptors (Lipinski definition) is 3. The molecule has 0 N–H and O–H groups in total. The minimum atomic E-state index is -0.816. The van der Waals surface area contributed by atoms with Gasteiger partial charge in [-0.15, -0.1) is 0 Å². The summed E-state index contributed by atoms with van der Waals surface area (Å²) in [6.07, 6.45) is 4.60. The molecule has 1 atom stereocenters. The number of hydrogen-bond donors (Lipinski definition) is 0. The molecular weight excluding hydrogens is 192 g/mol. The minimum absolute atomic E-state index is 0.184. The smallest absolute Gasteiger partial charge is 0.308 e. The predicted molar refractivity (Wildman–Crippen MR) is 60.2 cm³/mol. The molecular formula is C12H23O3. The van der Waals surface area contributed by atoms with Crippen LogP contribution in [0.1, 0.15) is 52.4 Å². The van der Waals surface area contributed by atoms with Gasteiger partial charge in [0.2, 0.25) is 5.79 Å². The average molecular weight is 215 g/mol. The Balaban J connectivity index is 4.00. The molecule has 0 aliphatic heterocycles. The summed E-state index contributed by atoms with van der Waals surface area (Å²) in [6, 6.07) is 0. The van der Waals surface area contributed by atoms with Gasteiger partial charge >= 0.3 is 5.97 Å². The van der Waals surface area contributed by atoms with Crippen LogP contribution in [0.25, 0.3) is 0 Å². The Morgan fingerprint density at radius 2 is 2.00 bits per heavy atom. The van der Waals surface area contributed by atoms with Crippen LogP contribution in [0.3, 0.4) is 0 Å². The molecule has 0 amide bonds. The zero-order valence-electron chi connectivity index (χ0n) is 10.2. The summed E-state index contributed by atoms with van der Waals surface area (Å²) in [7, 11) is 1.55. The van der Waals surface area contributed by atoms with Crippen molar-refractivity contribution < 1.29 is 14.3 Å². The van der Waals surface area contributed by atoms with Gasteiger partial charge in [0, 0.05) is 26.4 Å². The molecule has 0 aromatic carbocycles. The normalized spacial score (nSPS) is 11.5. The quantitative estimate of drug-likeness (QED) is 0.354. The van der Waals surface area contributed by atoms with Gasteiger partial charge in [0.1, 0.15) is 0 Å². The molecule has 0 bridgehead atoms.